The number of nitrogens with zero attached hydrogens (tertiary/aromatic N) is 2. The summed E-state index contributed by atoms with van der Waals surface area (Å²) in [5, 5.41) is 7.32. The molecular weight excluding hydrogens is 308 g/mol. The summed E-state index contributed by atoms with van der Waals surface area (Å²) in [6, 6.07) is 5.78. The quantitative estimate of drug-likeness (QED) is 0.760. The molecule has 2 N–H and O–H groups in total. The molecule has 0 saturated carbocycles. The number of carbonyl (C=O) groups excluding carboxylic acids is 1. The highest BCUT2D eigenvalue weighted by atomic mass is 16.5. The Balaban J connectivity index is 1.75. The van der Waals surface area contributed by atoms with Crippen LogP contribution in [-0.2, 0) is 17.8 Å². The molecule has 0 bridgehead atoms. The zero-order valence-electron chi connectivity index (χ0n) is 13.8. The van der Waals surface area contributed by atoms with Gasteiger partial charge < -0.3 is 14.8 Å². The molecule has 1 amide bonds. The standard InChI is InChI=1S/C17H18N4O3/c1-9-4-12-6-13(17(23)20-14(12)5-10(9)2)8-18-16(22)7-15-19-11(3)24-21-15/h4-6H,7-8H2,1-3H3,(H,18,22)(H,20,23). The average Bonchev–Trinajstić information content (AvgIpc) is 2.92. The van der Waals surface area contributed by atoms with Crippen LogP contribution in [0.15, 0.2) is 27.5 Å². The summed E-state index contributed by atoms with van der Waals surface area (Å²) in [5.74, 6) is 0.466. The van der Waals surface area contributed by atoms with Crippen LogP contribution in [0.25, 0.3) is 10.9 Å². The number of carbonyl (C=O) groups is 1. The van der Waals surface area contributed by atoms with Gasteiger partial charge in [0.25, 0.3) is 5.56 Å². The number of amides is 1. The van der Waals surface area contributed by atoms with Crippen molar-refractivity contribution in [1.82, 2.24) is 20.4 Å². The van der Waals surface area contributed by atoms with E-state index in [0.29, 0.717) is 17.3 Å². The molecule has 0 saturated heterocycles. The molecule has 0 radical (unpaired) electrons. The molecule has 124 valence electrons. The second-order valence-electron chi connectivity index (χ2n) is 5.83. The molecule has 7 heteroatoms. The highest BCUT2D eigenvalue weighted by Crippen LogP contribution is 2.17. The van der Waals surface area contributed by atoms with Gasteiger partial charge in [-0.1, -0.05) is 5.16 Å². The maximum atomic E-state index is 12.2. The number of aromatic nitrogens is 3. The molecule has 0 aliphatic carbocycles. The summed E-state index contributed by atoms with van der Waals surface area (Å²) in [6.45, 7) is 5.83. The van der Waals surface area contributed by atoms with Crippen LogP contribution in [0, 0.1) is 20.8 Å². The first-order chi connectivity index (χ1) is 11.4. The first-order valence-corrected chi connectivity index (χ1v) is 7.61. The molecule has 0 aliphatic rings. The lowest BCUT2D eigenvalue weighted by molar-refractivity contribution is -0.120. The van der Waals surface area contributed by atoms with Gasteiger partial charge in [0, 0.05) is 24.5 Å². The van der Waals surface area contributed by atoms with E-state index in [0.717, 1.165) is 22.0 Å². The molecular formula is C17H18N4O3. The molecule has 0 fully saturated rings. The van der Waals surface area contributed by atoms with E-state index in [-0.39, 0.29) is 24.4 Å². The molecule has 0 aliphatic heterocycles. The minimum Gasteiger partial charge on any atom is -0.351 e. The summed E-state index contributed by atoms with van der Waals surface area (Å²) in [4.78, 5) is 30.9. The summed E-state index contributed by atoms with van der Waals surface area (Å²) in [5.41, 5.74) is 3.36. The highest BCUT2D eigenvalue weighted by Gasteiger charge is 2.10. The summed E-state index contributed by atoms with van der Waals surface area (Å²) in [7, 11) is 0. The minimum absolute atomic E-state index is 0.0150. The average molecular weight is 326 g/mol. The minimum atomic E-state index is -0.268. The van der Waals surface area contributed by atoms with Crippen molar-refractivity contribution in [3.63, 3.8) is 0 Å². The molecule has 0 unspecified atom stereocenters. The van der Waals surface area contributed by atoms with Crippen molar-refractivity contribution in [3.05, 3.63) is 57.0 Å². The van der Waals surface area contributed by atoms with Crippen LogP contribution >= 0.6 is 0 Å². The van der Waals surface area contributed by atoms with Crippen LogP contribution in [0.5, 0.6) is 0 Å². The molecule has 24 heavy (non-hydrogen) atoms. The van der Waals surface area contributed by atoms with Crippen molar-refractivity contribution in [2.45, 2.75) is 33.7 Å². The third-order valence-corrected chi connectivity index (χ3v) is 3.90. The third-order valence-electron chi connectivity index (χ3n) is 3.90. The lowest BCUT2D eigenvalue weighted by atomic mass is 10.0. The van der Waals surface area contributed by atoms with Crippen molar-refractivity contribution in [2.24, 2.45) is 0 Å². The van der Waals surface area contributed by atoms with E-state index in [1.807, 2.05) is 26.0 Å². The number of nitrogens with one attached hydrogen (secondary N) is 2. The predicted molar refractivity (Wildman–Crippen MR) is 88.6 cm³/mol. The van der Waals surface area contributed by atoms with Crippen LogP contribution in [-0.4, -0.2) is 21.0 Å². The van der Waals surface area contributed by atoms with Crippen LogP contribution in [0.4, 0.5) is 0 Å². The Bertz CT molecular complexity index is 972. The van der Waals surface area contributed by atoms with Crippen LogP contribution in [0.1, 0.15) is 28.4 Å². The van der Waals surface area contributed by atoms with E-state index >= 15 is 0 Å². The Labute approximate surface area is 138 Å². The van der Waals surface area contributed by atoms with Crippen LogP contribution < -0.4 is 10.9 Å². The maximum absolute atomic E-state index is 12.2. The Hall–Kier alpha value is -2.96. The Morgan fingerprint density at radius 1 is 1.21 bits per heavy atom. The summed E-state index contributed by atoms with van der Waals surface area (Å²) < 4.78 is 4.82. The third kappa shape index (κ3) is 3.34. The number of aryl methyl sites for hydroxylation is 3. The largest absolute Gasteiger partial charge is 0.351 e. The highest BCUT2D eigenvalue weighted by molar-refractivity contribution is 5.81. The SMILES string of the molecule is Cc1nc(CC(=O)NCc2cc3cc(C)c(C)cc3[nH]c2=O)no1. The Kier molecular flexibility index (Phi) is 4.16. The van der Waals surface area contributed by atoms with Crippen molar-refractivity contribution in [3.8, 4) is 0 Å². The lowest BCUT2D eigenvalue weighted by Gasteiger charge is -2.07. The van der Waals surface area contributed by atoms with Gasteiger partial charge in [0.05, 0.1) is 6.42 Å². The number of hydrogen-bond acceptors (Lipinski definition) is 5. The van der Waals surface area contributed by atoms with Gasteiger partial charge >= 0.3 is 0 Å². The maximum Gasteiger partial charge on any atom is 0.253 e. The monoisotopic (exact) mass is 326 g/mol. The lowest BCUT2D eigenvalue weighted by Crippen LogP contribution is -2.28. The van der Waals surface area contributed by atoms with E-state index in [1.54, 1.807) is 13.0 Å². The van der Waals surface area contributed by atoms with E-state index in [1.165, 1.54) is 0 Å². The van der Waals surface area contributed by atoms with Crippen molar-refractivity contribution >= 4 is 16.8 Å². The van der Waals surface area contributed by atoms with Gasteiger partial charge in [-0.05, 0) is 48.6 Å². The van der Waals surface area contributed by atoms with Crippen LogP contribution in [0.2, 0.25) is 0 Å². The number of aromatic amines is 1. The van der Waals surface area contributed by atoms with Gasteiger partial charge in [-0.15, -0.1) is 0 Å². The number of H-pyrrole nitrogens is 1. The number of hydrogen-bond donors (Lipinski definition) is 2. The van der Waals surface area contributed by atoms with E-state index < -0.39 is 0 Å². The Morgan fingerprint density at radius 2 is 1.96 bits per heavy atom. The number of benzene rings is 1. The zero-order valence-corrected chi connectivity index (χ0v) is 13.8. The normalized spacial score (nSPS) is 11.0. The fourth-order valence-corrected chi connectivity index (χ4v) is 2.47. The molecule has 2 heterocycles. The topological polar surface area (TPSA) is 101 Å². The van der Waals surface area contributed by atoms with Gasteiger partial charge in [-0.3, -0.25) is 9.59 Å². The number of rotatable bonds is 4. The van der Waals surface area contributed by atoms with Crippen molar-refractivity contribution < 1.29 is 9.32 Å². The molecule has 1 aromatic carbocycles. The van der Waals surface area contributed by atoms with Crippen LogP contribution in [0.3, 0.4) is 0 Å². The van der Waals surface area contributed by atoms with Crippen molar-refractivity contribution in [1.29, 1.82) is 0 Å². The van der Waals surface area contributed by atoms with Crippen molar-refractivity contribution in [2.75, 3.05) is 0 Å². The van der Waals surface area contributed by atoms with E-state index in [4.69, 9.17) is 4.52 Å². The fourth-order valence-electron chi connectivity index (χ4n) is 2.47. The van der Waals surface area contributed by atoms with Gasteiger partial charge in [0.15, 0.2) is 5.82 Å². The van der Waals surface area contributed by atoms with Gasteiger partial charge in [0.2, 0.25) is 11.8 Å². The Morgan fingerprint density at radius 3 is 2.67 bits per heavy atom. The number of fused-ring (bicyclic) bond motifs is 1. The van der Waals surface area contributed by atoms with Gasteiger partial charge in [0.1, 0.15) is 0 Å². The number of pyridine rings is 1. The van der Waals surface area contributed by atoms with Gasteiger partial charge in [-0.25, -0.2) is 0 Å². The van der Waals surface area contributed by atoms with E-state index in [9.17, 15) is 9.59 Å². The molecule has 7 nitrogen and oxygen atoms in total. The molecule has 3 aromatic rings. The fraction of sp³-hybridized carbons (Fsp3) is 0.294. The zero-order chi connectivity index (χ0) is 17.3. The second kappa shape index (κ2) is 6.27. The molecule has 3 rings (SSSR count). The first kappa shape index (κ1) is 15.9. The summed E-state index contributed by atoms with van der Waals surface area (Å²) >= 11 is 0. The first-order valence-electron chi connectivity index (χ1n) is 7.61. The smallest absolute Gasteiger partial charge is 0.253 e. The molecule has 2 aromatic heterocycles. The predicted octanol–water partition coefficient (Wildman–Crippen LogP) is 1.70. The van der Waals surface area contributed by atoms with Gasteiger partial charge in [-0.2, -0.15) is 4.98 Å². The molecule has 0 atom stereocenters. The van der Waals surface area contributed by atoms with E-state index in [2.05, 4.69) is 20.4 Å². The second-order valence-corrected chi connectivity index (χ2v) is 5.83. The summed E-state index contributed by atoms with van der Waals surface area (Å²) in [6.07, 6.45) is 0.0150. The molecule has 0 spiro atoms.